The van der Waals surface area contributed by atoms with E-state index in [1.165, 1.54) is 6.33 Å². The Balaban J connectivity index is 2.76. The lowest BCUT2D eigenvalue weighted by Crippen LogP contribution is -1.82. The summed E-state index contributed by atoms with van der Waals surface area (Å²) in [5.74, 6) is 0. The van der Waals surface area contributed by atoms with Gasteiger partial charge in [-0.2, -0.15) is 5.10 Å². The van der Waals surface area contributed by atoms with Crippen molar-refractivity contribution >= 4 is 11.0 Å². The summed E-state index contributed by atoms with van der Waals surface area (Å²) in [6, 6.07) is 0. The standard InChI is InChI=1S/C7H8N4/c1-2-5-7-6(11-10-5)3-8-4-9-7/h3-4H,2H2,1H3,(H,10,11). The minimum Gasteiger partial charge on any atom is -0.274 e. The van der Waals surface area contributed by atoms with Gasteiger partial charge in [0.1, 0.15) is 17.4 Å². The molecule has 0 unspecified atom stereocenters. The summed E-state index contributed by atoms with van der Waals surface area (Å²) in [7, 11) is 0. The molecule has 2 aromatic rings. The summed E-state index contributed by atoms with van der Waals surface area (Å²) in [5.41, 5.74) is 2.84. The quantitative estimate of drug-likeness (QED) is 0.654. The maximum absolute atomic E-state index is 4.11. The van der Waals surface area contributed by atoms with Gasteiger partial charge in [-0.25, -0.2) is 9.97 Å². The molecule has 0 aromatic carbocycles. The third-order valence-electron chi connectivity index (χ3n) is 1.63. The first-order chi connectivity index (χ1) is 5.42. The van der Waals surface area contributed by atoms with Crippen molar-refractivity contribution in [1.29, 1.82) is 0 Å². The average molecular weight is 148 g/mol. The minimum atomic E-state index is 0.900. The Kier molecular flexibility index (Phi) is 1.31. The van der Waals surface area contributed by atoms with Gasteiger partial charge in [0.2, 0.25) is 0 Å². The van der Waals surface area contributed by atoms with Crippen molar-refractivity contribution < 1.29 is 0 Å². The Bertz CT molecular complexity index is 365. The van der Waals surface area contributed by atoms with Gasteiger partial charge in [-0.3, -0.25) is 5.10 Å². The lowest BCUT2D eigenvalue weighted by molar-refractivity contribution is 0.985. The first-order valence-electron chi connectivity index (χ1n) is 3.54. The fourth-order valence-electron chi connectivity index (χ4n) is 1.07. The largest absolute Gasteiger partial charge is 0.274 e. The molecule has 0 amide bonds. The molecular weight excluding hydrogens is 140 g/mol. The van der Waals surface area contributed by atoms with E-state index >= 15 is 0 Å². The molecule has 0 aliphatic heterocycles. The van der Waals surface area contributed by atoms with Crippen LogP contribution in [-0.2, 0) is 6.42 Å². The van der Waals surface area contributed by atoms with Crippen LogP contribution in [-0.4, -0.2) is 20.2 Å². The molecule has 0 saturated carbocycles. The monoisotopic (exact) mass is 148 g/mol. The van der Waals surface area contributed by atoms with Crippen LogP contribution in [0.4, 0.5) is 0 Å². The summed E-state index contributed by atoms with van der Waals surface area (Å²) >= 11 is 0. The fraction of sp³-hybridized carbons (Fsp3) is 0.286. The number of rotatable bonds is 1. The number of H-pyrrole nitrogens is 1. The fourth-order valence-corrected chi connectivity index (χ4v) is 1.07. The maximum atomic E-state index is 4.11. The smallest absolute Gasteiger partial charge is 0.116 e. The van der Waals surface area contributed by atoms with Crippen molar-refractivity contribution in [1.82, 2.24) is 20.2 Å². The van der Waals surface area contributed by atoms with Gasteiger partial charge in [0.15, 0.2) is 0 Å². The van der Waals surface area contributed by atoms with Crippen molar-refractivity contribution in [2.45, 2.75) is 13.3 Å². The van der Waals surface area contributed by atoms with E-state index in [4.69, 9.17) is 0 Å². The number of nitrogens with zero attached hydrogens (tertiary/aromatic N) is 3. The van der Waals surface area contributed by atoms with Crippen LogP contribution in [0.1, 0.15) is 12.6 Å². The highest BCUT2D eigenvalue weighted by atomic mass is 15.1. The number of aromatic nitrogens is 4. The van der Waals surface area contributed by atoms with Crippen molar-refractivity contribution in [3.05, 3.63) is 18.2 Å². The Morgan fingerprint density at radius 3 is 3.27 bits per heavy atom. The Morgan fingerprint density at radius 2 is 2.45 bits per heavy atom. The molecule has 4 heteroatoms. The third-order valence-corrected chi connectivity index (χ3v) is 1.63. The van der Waals surface area contributed by atoms with Crippen molar-refractivity contribution in [3.63, 3.8) is 0 Å². The van der Waals surface area contributed by atoms with Crippen LogP contribution in [0.2, 0.25) is 0 Å². The number of aromatic amines is 1. The van der Waals surface area contributed by atoms with Gasteiger partial charge >= 0.3 is 0 Å². The molecule has 2 heterocycles. The predicted octanol–water partition coefficient (Wildman–Crippen LogP) is 0.915. The Hall–Kier alpha value is -1.45. The van der Waals surface area contributed by atoms with Crippen LogP contribution in [0, 0.1) is 0 Å². The second kappa shape index (κ2) is 2.30. The van der Waals surface area contributed by atoms with E-state index in [0.717, 1.165) is 23.1 Å². The minimum absolute atomic E-state index is 0.900. The molecule has 0 bridgehead atoms. The predicted molar refractivity (Wildman–Crippen MR) is 41.1 cm³/mol. The van der Waals surface area contributed by atoms with E-state index < -0.39 is 0 Å². The molecule has 0 atom stereocenters. The molecule has 0 spiro atoms. The highest BCUT2D eigenvalue weighted by molar-refractivity contribution is 5.75. The third kappa shape index (κ3) is 0.869. The second-order valence-corrected chi connectivity index (χ2v) is 2.31. The number of aryl methyl sites for hydroxylation is 1. The van der Waals surface area contributed by atoms with E-state index in [0.29, 0.717) is 0 Å². The van der Waals surface area contributed by atoms with E-state index in [1.807, 2.05) is 0 Å². The normalized spacial score (nSPS) is 10.6. The zero-order chi connectivity index (χ0) is 7.68. The molecule has 4 nitrogen and oxygen atoms in total. The van der Waals surface area contributed by atoms with Crippen molar-refractivity contribution in [2.24, 2.45) is 0 Å². The highest BCUT2D eigenvalue weighted by Gasteiger charge is 2.02. The molecule has 2 rings (SSSR count). The highest BCUT2D eigenvalue weighted by Crippen LogP contribution is 2.10. The van der Waals surface area contributed by atoms with Crippen LogP contribution in [0.5, 0.6) is 0 Å². The van der Waals surface area contributed by atoms with Crippen molar-refractivity contribution in [3.8, 4) is 0 Å². The van der Waals surface area contributed by atoms with Crippen LogP contribution in [0.25, 0.3) is 11.0 Å². The summed E-state index contributed by atoms with van der Waals surface area (Å²) in [6.07, 6.45) is 4.17. The van der Waals surface area contributed by atoms with Gasteiger partial charge < -0.3 is 0 Å². The zero-order valence-corrected chi connectivity index (χ0v) is 6.20. The lowest BCUT2D eigenvalue weighted by atomic mass is 10.3. The molecule has 56 valence electrons. The van der Waals surface area contributed by atoms with E-state index in [9.17, 15) is 0 Å². The van der Waals surface area contributed by atoms with E-state index in [-0.39, 0.29) is 0 Å². The number of hydrogen-bond donors (Lipinski definition) is 1. The summed E-state index contributed by atoms with van der Waals surface area (Å²) in [5, 5.41) is 6.95. The first kappa shape index (κ1) is 6.27. The maximum Gasteiger partial charge on any atom is 0.116 e. The van der Waals surface area contributed by atoms with E-state index in [2.05, 4.69) is 27.1 Å². The van der Waals surface area contributed by atoms with Crippen LogP contribution < -0.4 is 0 Å². The number of nitrogens with one attached hydrogen (secondary N) is 1. The first-order valence-corrected chi connectivity index (χ1v) is 3.54. The van der Waals surface area contributed by atoms with Gasteiger partial charge in [0.25, 0.3) is 0 Å². The molecule has 2 aromatic heterocycles. The summed E-state index contributed by atoms with van der Waals surface area (Å²) in [6.45, 7) is 2.05. The van der Waals surface area contributed by atoms with Gasteiger partial charge in [-0.1, -0.05) is 6.92 Å². The summed E-state index contributed by atoms with van der Waals surface area (Å²) < 4.78 is 0. The van der Waals surface area contributed by atoms with Gasteiger partial charge in [0.05, 0.1) is 11.9 Å². The number of fused-ring (bicyclic) bond motifs is 1. The summed E-state index contributed by atoms with van der Waals surface area (Å²) in [4.78, 5) is 7.99. The van der Waals surface area contributed by atoms with Gasteiger partial charge in [0, 0.05) is 0 Å². The molecule has 0 fully saturated rings. The second-order valence-electron chi connectivity index (χ2n) is 2.31. The molecule has 0 radical (unpaired) electrons. The topological polar surface area (TPSA) is 54.5 Å². The number of hydrogen-bond acceptors (Lipinski definition) is 3. The zero-order valence-electron chi connectivity index (χ0n) is 6.20. The molecule has 0 aliphatic carbocycles. The molecule has 1 N–H and O–H groups in total. The average Bonchev–Trinajstić information content (AvgIpc) is 2.47. The van der Waals surface area contributed by atoms with Crippen molar-refractivity contribution in [2.75, 3.05) is 0 Å². The molecule has 0 saturated heterocycles. The van der Waals surface area contributed by atoms with E-state index in [1.54, 1.807) is 6.20 Å². The Morgan fingerprint density at radius 1 is 1.55 bits per heavy atom. The van der Waals surface area contributed by atoms with Crippen LogP contribution in [0.3, 0.4) is 0 Å². The molecule has 0 aliphatic rings. The molecule has 11 heavy (non-hydrogen) atoms. The van der Waals surface area contributed by atoms with Crippen LogP contribution in [0.15, 0.2) is 12.5 Å². The van der Waals surface area contributed by atoms with Crippen LogP contribution >= 0.6 is 0 Å². The Labute approximate surface area is 63.7 Å². The lowest BCUT2D eigenvalue weighted by Gasteiger charge is -1.86. The molecular formula is C7H8N4. The SMILES string of the molecule is CCc1n[nH]c2cncnc12. The van der Waals surface area contributed by atoms with Gasteiger partial charge in [-0.05, 0) is 6.42 Å². The van der Waals surface area contributed by atoms with Gasteiger partial charge in [-0.15, -0.1) is 0 Å².